The molecule has 0 radical (unpaired) electrons. The molecule has 0 aliphatic rings. The summed E-state index contributed by atoms with van der Waals surface area (Å²) in [6.07, 6.45) is 0. The molecule has 36 heavy (non-hydrogen) atoms. The van der Waals surface area contributed by atoms with Crippen LogP contribution in [0.2, 0.25) is 5.02 Å². The molecule has 0 spiro atoms. The van der Waals surface area contributed by atoms with Crippen LogP contribution in [0.3, 0.4) is 0 Å². The summed E-state index contributed by atoms with van der Waals surface area (Å²) in [5, 5.41) is 3.98. The summed E-state index contributed by atoms with van der Waals surface area (Å²) >= 11 is 6.49. The molecule has 5 heteroatoms. The van der Waals surface area contributed by atoms with E-state index < -0.39 is 30.2 Å². The predicted octanol–water partition coefficient (Wildman–Crippen LogP) is 8.58. The minimum Gasteiger partial charge on any atom is -0.455 e. The summed E-state index contributed by atoms with van der Waals surface area (Å²) in [6, 6.07) is 22.3. The number of hydrogen-bond acceptors (Lipinski definition) is 4. The van der Waals surface area contributed by atoms with Crippen molar-refractivity contribution < 1.29 is 11.3 Å². The molecule has 0 aliphatic heterocycles. The van der Waals surface area contributed by atoms with Gasteiger partial charge in [-0.15, -0.1) is 0 Å². The summed E-state index contributed by atoms with van der Waals surface area (Å²) in [7, 11) is 0. The smallest absolute Gasteiger partial charge is 0.167 e. The zero-order valence-electron chi connectivity index (χ0n) is 23.6. The summed E-state index contributed by atoms with van der Waals surface area (Å²) in [5.41, 5.74) is 2.39. The second kappa shape index (κ2) is 8.29. The molecule has 0 amide bonds. The fraction of sp³-hybridized carbons (Fsp3) is 0. The van der Waals surface area contributed by atoms with Gasteiger partial charge in [-0.2, -0.15) is 0 Å². The van der Waals surface area contributed by atoms with Crippen LogP contribution >= 0.6 is 11.6 Å². The number of nitrogens with zero attached hydrogens (tertiary/aromatic N) is 3. The van der Waals surface area contributed by atoms with Gasteiger partial charge < -0.3 is 4.42 Å². The number of halogens is 1. The number of fused-ring (bicyclic) bond motifs is 4. The van der Waals surface area contributed by atoms with Gasteiger partial charge in [0, 0.05) is 32.3 Å². The Labute approximate surface area is 218 Å². The second-order valence-electron chi connectivity index (χ2n) is 8.23. The van der Waals surface area contributed by atoms with Crippen LogP contribution in [0, 0.1) is 0 Å². The highest BCUT2D eigenvalue weighted by Crippen LogP contribution is 2.37. The summed E-state index contributed by atoms with van der Waals surface area (Å²) < 4.78 is 47.9. The highest BCUT2D eigenvalue weighted by molar-refractivity contribution is 6.36. The molecule has 2 aromatic heterocycles. The van der Waals surface area contributed by atoms with Crippen LogP contribution < -0.4 is 0 Å². The Morgan fingerprint density at radius 3 is 2.08 bits per heavy atom. The highest BCUT2D eigenvalue weighted by Gasteiger charge is 2.18. The van der Waals surface area contributed by atoms with Crippen molar-refractivity contribution in [2.24, 2.45) is 0 Å². The van der Waals surface area contributed by atoms with Crippen molar-refractivity contribution in [3.05, 3.63) is 114 Å². The first-order chi connectivity index (χ1) is 19.8. The first kappa shape index (κ1) is 16.2. The third-order valence-corrected chi connectivity index (χ3v) is 6.45. The van der Waals surface area contributed by atoms with E-state index in [1.165, 1.54) is 0 Å². The maximum absolute atomic E-state index is 8.58. The van der Waals surface area contributed by atoms with Gasteiger partial charge in [0.05, 0.1) is 12.4 Å². The monoisotopic (exact) mass is 488 g/mol. The Kier molecular flexibility index (Phi) is 3.73. The third kappa shape index (κ3) is 3.35. The van der Waals surface area contributed by atoms with Crippen molar-refractivity contribution in [2.75, 3.05) is 0 Å². The third-order valence-electron chi connectivity index (χ3n) is 6.12. The van der Waals surface area contributed by atoms with E-state index in [4.69, 9.17) is 27.9 Å². The van der Waals surface area contributed by atoms with Gasteiger partial charge in [-0.3, -0.25) is 0 Å². The molecule has 7 rings (SSSR count). The standard InChI is InChI=1S/C31H18ClN3O/c32-26-18-17-24(20-11-4-5-12-21(20)26)30-33-29(19-9-2-1-3-10-19)34-31(35-30)25-15-8-14-23-22-13-6-7-16-27(22)36-28(23)25/h1-18H/i1D,2D,3D,9D,10D. The summed E-state index contributed by atoms with van der Waals surface area (Å²) in [5.74, 6) is 0.451. The molecule has 7 aromatic rings. The largest absolute Gasteiger partial charge is 0.455 e. The molecule has 4 nitrogen and oxygen atoms in total. The van der Waals surface area contributed by atoms with Crippen LogP contribution in [0.4, 0.5) is 0 Å². The molecule has 170 valence electrons. The molecule has 0 N–H and O–H groups in total. The van der Waals surface area contributed by atoms with Crippen molar-refractivity contribution in [2.45, 2.75) is 0 Å². The van der Waals surface area contributed by atoms with Gasteiger partial charge in [0.2, 0.25) is 0 Å². The second-order valence-corrected chi connectivity index (χ2v) is 8.63. The van der Waals surface area contributed by atoms with Gasteiger partial charge >= 0.3 is 0 Å². The number of para-hydroxylation sites is 2. The number of hydrogen-bond donors (Lipinski definition) is 0. The van der Waals surface area contributed by atoms with E-state index in [0.717, 1.165) is 21.5 Å². The van der Waals surface area contributed by atoms with Crippen LogP contribution in [0.25, 0.3) is 66.9 Å². The molecular weight excluding hydrogens is 466 g/mol. The number of furan rings is 1. The van der Waals surface area contributed by atoms with Crippen LogP contribution in [0.15, 0.2) is 113 Å². The van der Waals surface area contributed by atoms with Crippen LogP contribution in [0.5, 0.6) is 0 Å². The Morgan fingerprint density at radius 2 is 1.25 bits per heavy atom. The van der Waals surface area contributed by atoms with Gasteiger partial charge in [-0.25, -0.2) is 15.0 Å². The molecule has 0 fully saturated rings. The molecule has 0 unspecified atom stereocenters. The highest BCUT2D eigenvalue weighted by atomic mass is 35.5. The molecule has 0 saturated carbocycles. The number of aromatic nitrogens is 3. The lowest BCUT2D eigenvalue weighted by atomic mass is 10.0. The lowest BCUT2D eigenvalue weighted by molar-refractivity contribution is 0.669. The fourth-order valence-corrected chi connectivity index (χ4v) is 4.70. The minimum absolute atomic E-state index is 0.0471. The van der Waals surface area contributed by atoms with Crippen LogP contribution in [0.1, 0.15) is 6.85 Å². The van der Waals surface area contributed by atoms with Crippen molar-refractivity contribution in [3.63, 3.8) is 0 Å². The number of rotatable bonds is 3. The van der Waals surface area contributed by atoms with E-state index in [0.29, 0.717) is 27.3 Å². The van der Waals surface area contributed by atoms with Crippen molar-refractivity contribution in [3.8, 4) is 34.2 Å². The zero-order valence-corrected chi connectivity index (χ0v) is 19.4. The molecule has 0 bridgehead atoms. The molecule has 0 saturated heterocycles. The van der Waals surface area contributed by atoms with Gasteiger partial charge in [-0.05, 0) is 29.7 Å². The normalized spacial score (nSPS) is 13.4. The average molecular weight is 489 g/mol. The van der Waals surface area contributed by atoms with Gasteiger partial charge in [0.15, 0.2) is 17.5 Å². The van der Waals surface area contributed by atoms with Crippen molar-refractivity contribution in [1.29, 1.82) is 0 Å². The zero-order chi connectivity index (χ0) is 28.4. The lowest BCUT2D eigenvalue weighted by Gasteiger charge is -2.11. The first-order valence-corrected chi connectivity index (χ1v) is 11.6. The van der Waals surface area contributed by atoms with Gasteiger partial charge in [0.25, 0.3) is 0 Å². The quantitative estimate of drug-likeness (QED) is 0.250. The number of benzene rings is 5. The maximum atomic E-state index is 8.58. The van der Waals surface area contributed by atoms with E-state index in [2.05, 4.69) is 9.97 Å². The van der Waals surface area contributed by atoms with Crippen LogP contribution in [-0.2, 0) is 0 Å². The molecular formula is C31H18ClN3O. The van der Waals surface area contributed by atoms with Crippen molar-refractivity contribution in [1.82, 2.24) is 15.0 Å². The van der Waals surface area contributed by atoms with Crippen molar-refractivity contribution >= 4 is 44.3 Å². The molecule has 0 aliphatic carbocycles. The minimum atomic E-state index is -0.492. The van der Waals surface area contributed by atoms with E-state index in [-0.39, 0.29) is 23.0 Å². The molecule has 0 atom stereocenters. The Balaban J connectivity index is 1.58. The fourth-order valence-electron chi connectivity index (χ4n) is 4.47. The van der Waals surface area contributed by atoms with Crippen LogP contribution in [-0.4, -0.2) is 15.0 Å². The van der Waals surface area contributed by atoms with Gasteiger partial charge in [0.1, 0.15) is 11.2 Å². The first-order valence-electron chi connectivity index (χ1n) is 13.7. The topological polar surface area (TPSA) is 51.8 Å². The Morgan fingerprint density at radius 1 is 0.583 bits per heavy atom. The molecule has 5 aromatic carbocycles. The maximum Gasteiger partial charge on any atom is 0.167 e. The average Bonchev–Trinajstić information content (AvgIpc) is 3.38. The van der Waals surface area contributed by atoms with E-state index in [9.17, 15) is 0 Å². The van der Waals surface area contributed by atoms with E-state index in [1.807, 2.05) is 66.7 Å². The van der Waals surface area contributed by atoms with E-state index >= 15 is 0 Å². The van der Waals surface area contributed by atoms with Gasteiger partial charge in [-0.1, -0.05) is 96.4 Å². The van der Waals surface area contributed by atoms with E-state index in [1.54, 1.807) is 12.1 Å². The Bertz CT molecular complexity index is 2170. The lowest BCUT2D eigenvalue weighted by Crippen LogP contribution is -2.00. The summed E-state index contributed by atoms with van der Waals surface area (Å²) in [4.78, 5) is 14.2. The summed E-state index contributed by atoms with van der Waals surface area (Å²) in [6.45, 7) is 0. The SMILES string of the molecule is [2H]c1c([2H])c([2H])c(-c2nc(-c3ccc(Cl)c4ccccc34)nc(-c3cccc4c3oc3ccccc34)n2)c([2H])c1[2H]. The molecule has 2 heterocycles. The predicted molar refractivity (Wildman–Crippen MR) is 146 cm³/mol. The Hall–Kier alpha value is -4.54.